The van der Waals surface area contributed by atoms with Crippen molar-refractivity contribution in [3.8, 4) is 16.6 Å². The third-order valence-corrected chi connectivity index (χ3v) is 4.40. The summed E-state index contributed by atoms with van der Waals surface area (Å²) in [5.74, 6) is -0.354. The molecule has 0 aliphatic heterocycles. The largest absolute Gasteiger partial charge is 0.465 e. The van der Waals surface area contributed by atoms with E-state index in [1.54, 1.807) is 24.3 Å². The normalized spacial score (nSPS) is 10.2. The molecule has 3 aromatic rings. The van der Waals surface area contributed by atoms with Crippen molar-refractivity contribution >= 4 is 17.3 Å². The van der Waals surface area contributed by atoms with Gasteiger partial charge in [0, 0.05) is 12.0 Å². The number of ether oxygens (including phenoxy) is 1. The zero-order valence-electron chi connectivity index (χ0n) is 12.9. The van der Waals surface area contributed by atoms with E-state index in [9.17, 15) is 4.79 Å². The summed E-state index contributed by atoms with van der Waals surface area (Å²) in [6.45, 7) is 0. The van der Waals surface area contributed by atoms with E-state index in [2.05, 4.69) is 16.3 Å². The minimum atomic E-state index is -0.354. The molecule has 24 heavy (non-hydrogen) atoms. The first-order chi connectivity index (χ1) is 11.7. The standard InChI is InChI=1S/C18H13N3O2S/c1-23-18(22)15-4-2-3-13(9-15)10-16-20-21-17(24-16)14-7-5-12(11-19)6-8-14/h2-9H,10H2,1H3. The van der Waals surface area contributed by atoms with Crippen molar-refractivity contribution in [2.45, 2.75) is 6.42 Å². The van der Waals surface area contributed by atoms with E-state index in [1.807, 2.05) is 24.3 Å². The van der Waals surface area contributed by atoms with E-state index >= 15 is 0 Å². The van der Waals surface area contributed by atoms with E-state index in [-0.39, 0.29) is 5.97 Å². The first-order valence-electron chi connectivity index (χ1n) is 7.20. The topological polar surface area (TPSA) is 75.9 Å². The van der Waals surface area contributed by atoms with Crippen LogP contribution in [0, 0.1) is 11.3 Å². The molecule has 0 aliphatic rings. The quantitative estimate of drug-likeness (QED) is 0.683. The molecule has 5 nitrogen and oxygen atoms in total. The molecule has 118 valence electrons. The molecule has 0 radical (unpaired) electrons. The maximum absolute atomic E-state index is 11.6. The van der Waals surface area contributed by atoms with Gasteiger partial charge in [-0.25, -0.2) is 4.79 Å². The third kappa shape index (κ3) is 3.47. The van der Waals surface area contributed by atoms with Gasteiger partial charge in [-0.15, -0.1) is 10.2 Å². The highest BCUT2D eigenvalue weighted by Crippen LogP contribution is 2.25. The molecular weight excluding hydrogens is 322 g/mol. The van der Waals surface area contributed by atoms with Gasteiger partial charge in [0.2, 0.25) is 0 Å². The van der Waals surface area contributed by atoms with Crippen molar-refractivity contribution < 1.29 is 9.53 Å². The second kappa shape index (κ2) is 7.02. The Morgan fingerprint density at radius 3 is 2.71 bits per heavy atom. The molecule has 1 heterocycles. The van der Waals surface area contributed by atoms with Gasteiger partial charge >= 0.3 is 5.97 Å². The van der Waals surface area contributed by atoms with Crippen LogP contribution in [0.15, 0.2) is 48.5 Å². The molecule has 1 aromatic heterocycles. The van der Waals surface area contributed by atoms with Crippen LogP contribution in [-0.4, -0.2) is 23.3 Å². The predicted molar refractivity (Wildman–Crippen MR) is 90.6 cm³/mol. The van der Waals surface area contributed by atoms with Gasteiger partial charge in [-0.2, -0.15) is 5.26 Å². The first-order valence-corrected chi connectivity index (χ1v) is 8.01. The Kier molecular flexibility index (Phi) is 4.64. The van der Waals surface area contributed by atoms with E-state index in [4.69, 9.17) is 10.00 Å². The molecule has 3 rings (SSSR count). The van der Waals surface area contributed by atoms with Crippen LogP contribution >= 0.6 is 11.3 Å². The molecule has 0 saturated carbocycles. The Labute approximate surface area is 143 Å². The van der Waals surface area contributed by atoms with Crippen LogP contribution in [0.1, 0.15) is 26.5 Å². The fourth-order valence-electron chi connectivity index (χ4n) is 2.23. The molecule has 0 saturated heterocycles. The molecular formula is C18H13N3O2S. The van der Waals surface area contributed by atoms with Gasteiger partial charge in [-0.3, -0.25) is 0 Å². The van der Waals surface area contributed by atoms with Crippen LogP contribution in [0.5, 0.6) is 0 Å². The number of nitrogens with zero attached hydrogens (tertiary/aromatic N) is 3. The van der Waals surface area contributed by atoms with Crippen LogP contribution in [0.4, 0.5) is 0 Å². The summed E-state index contributed by atoms with van der Waals surface area (Å²) >= 11 is 1.49. The Morgan fingerprint density at radius 2 is 2.00 bits per heavy atom. The number of hydrogen-bond donors (Lipinski definition) is 0. The Bertz CT molecular complexity index is 911. The molecule has 0 fully saturated rings. The average molecular weight is 335 g/mol. The Morgan fingerprint density at radius 1 is 1.21 bits per heavy atom. The zero-order chi connectivity index (χ0) is 16.9. The summed E-state index contributed by atoms with van der Waals surface area (Å²) in [6.07, 6.45) is 0.596. The van der Waals surface area contributed by atoms with Crippen LogP contribution in [-0.2, 0) is 11.2 Å². The summed E-state index contributed by atoms with van der Waals surface area (Å²) in [7, 11) is 1.36. The fourth-order valence-corrected chi connectivity index (χ4v) is 3.11. The van der Waals surface area contributed by atoms with E-state index in [1.165, 1.54) is 18.4 Å². The molecule has 0 spiro atoms. The van der Waals surface area contributed by atoms with E-state index in [0.29, 0.717) is 17.5 Å². The van der Waals surface area contributed by atoms with Gasteiger partial charge in [-0.05, 0) is 29.8 Å². The van der Waals surface area contributed by atoms with Gasteiger partial charge in [-0.1, -0.05) is 35.6 Å². The van der Waals surface area contributed by atoms with Crippen LogP contribution < -0.4 is 0 Å². The van der Waals surface area contributed by atoms with Gasteiger partial charge < -0.3 is 4.74 Å². The third-order valence-electron chi connectivity index (χ3n) is 3.43. The summed E-state index contributed by atoms with van der Waals surface area (Å²) in [6, 6.07) is 16.6. The average Bonchev–Trinajstić information content (AvgIpc) is 3.09. The Balaban J connectivity index is 1.79. The van der Waals surface area contributed by atoms with Gasteiger partial charge in [0.25, 0.3) is 0 Å². The molecule has 0 bridgehead atoms. The number of esters is 1. The lowest BCUT2D eigenvalue weighted by atomic mass is 10.1. The molecule has 2 aromatic carbocycles. The number of benzene rings is 2. The van der Waals surface area contributed by atoms with Gasteiger partial charge in [0.05, 0.1) is 24.3 Å². The molecule has 0 atom stereocenters. The maximum atomic E-state index is 11.6. The highest BCUT2D eigenvalue weighted by Gasteiger charge is 2.10. The number of aromatic nitrogens is 2. The van der Waals surface area contributed by atoms with Crippen LogP contribution in [0.25, 0.3) is 10.6 Å². The first kappa shape index (κ1) is 15.8. The Hall–Kier alpha value is -3.04. The predicted octanol–water partition coefficient (Wildman–Crippen LogP) is 3.45. The smallest absolute Gasteiger partial charge is 0.337 e. The van der Waals surface area contributed by atoms with E-state index < -0.39 is 0 Å². The molecule has 6 heteroatoms. The van der Waals surface area contributed by atoms with Crippen molar-refractivity contribution in [3.05, 3.63) is 70.2 Å². The number of hydrogen-bond acceptors (Lipinski definition) is 6. The number of methoxy groups -OCH3 is 1. The van der Waals surface area contributed by atoms with Crippen molar-refractivity contribution in [1.29, 1.82) is 5.26 Å². The van der Waals surface area contributed by atoms with Crippen molar-refractivity contribution in [1.82, 2.24) is 10.2 Å². The fraction of sp³-hybridized carbons (Fsp3) is 0.111. The number of rotatable bonds is 4. The lowest BCUT2D eigenvalue weighted by molar-refractivity contribution is 0.0600. The molecule has 0 N–H and O–H groups in total. The lowest BCUT2D eigenvalue weighted by Gasteiger charge is -2.02. The zero-order valence-corrected chi connectivity index (χ0v) is 13.7. The highest BCUT2D eigenvalue weighted by molar-refractivity contribution is 7.14. The number of carbonyl (C=O) groups is 1. The van der Waals surface area contributed by atoms with Crippen molar-refractivity contribution in [2.24, 2.45) is 0 Å². The van der Waals surface area contributed by atoms with Gasteiger partial charge in [0.15, 0.2) is 0 Å². The highest BCUT2D eigenvalue weighted by atomic mass is 32.1. The second-order valence-corrected chi connectivity index (χ2v) is 6.12. The molecule has 0 amide bonds. The maximum Gasteiger partial charge on any atom is 0.337 e. The van der Waals surface area contributed by atoms with Crippen LogP contribution in [0.3, 0.4) is 0 Å². The summed E-state index contributed by atoms with van der Waals surface area (Å²) < 4.78 is 4.74. The summed E-state index contributed by atoms with van der Waals surface area (Å²) in [5, 5.41) is 18.9. The van der Waals surface area contributed by atoms with Gasteiger partial charge in [0.1, 0.15) is 10.0 Å². The van der Waals surface area contributed by atoms with E-state index in [0.717, 1.165) is 21.1 Å². The van der Waals surface area contributed by atoms with Crippen LogP contribution in [0.2, 0.25) is 0 Å². The lowest BCUT2D eigenvalue weighted by Crippen LogP contribution is -2.01. The number of carbonyl (C=O) groups excluding carboxylic acids is 1. The molecule has 0 unspecified atom stereocenters. The monoisotopic (exact) mass is 335 g/mol. The van der Waals surface area contributed by atoms with Crippen molar-refractivity contribution in [2.75, 3.05) is 7.11 Å². The minimum absolute atomic E-state index is 0.354. The second-order valence-electron chi connectivity index (χ2n) is 5.06. The minimum Gasteiger partial charge on any atom is -0.465 e. The summed E-state index contributed by atoms with van der Waals surface area (Å²) in [5.41, 5.74) is 3.04. The molecule has 0 aliphatic carbocycles. The van der Waals surface area contributed by atoms with Crippen molar-refractivity contribution in [3.63, 3.8) is 0 Å². The SMILES string of the molecule is COC(=O)c1cccc(Cc2nnc(-c3ccc(C#N)cc3)s2)c1. The number of nitriles is 1. The summed E-state index contributed by atoms with van der Waals surface area (Å²) in [4.78, 5) is 11.6.